The van der Waals surface area contributed by atoms with Crippen molar-refractivity contribution in [3.05, 3.63) is 29.3 Å². The quantitative estimate of drug-likeness (QED) is 0.762. The van der Waals surface area contributed by atoms with Crippen LogP contribution in [0.5, 0.6) is 0 Å². The lowest BCUT2D eigenvalue weighted by molar-refractivity contribution is -0.114. The number of amides is 3. The van der Waals surface area contributed by atoms with Gasteiger partial charge < -0.3 is 5.32 Å². The summed E-state index contributed by atoms with van der Waals surface area (Å²) >= 11 is 5.66. The Balaban J connectivity index is 2.65. The van der Waals surface area contributed by atoms with Gasteiger partial charge in [-0.1, -0.05) is 11.6 Å². The van der Waals surface area contributed by atoms with E-state index in [1.54, 1.807) is 24.3 Å². The molecule has 0 aromatic heterocycles. The van der Waals surface area contributed by atoms with Crippen LogP contribution in [0.1, 0.15) is 0 Å². The molecule has 0 radical (unpaired) electrons. The van der Waals surface area contributed by atoms with E-state index in [4.69, 9.17) is 11.6 Å². The van der Waals surface area contributed by atoms with Crippen molar-refractivity contribution in [1.29, 1.82) is 0 Å². The molecule has 1 rings (SSSR count). The minimum absolute atomic E-state index is 0.436. The molecule has 0 atom stereocenters. The topological polar surface area (TPSA) is 49.4 Å². The van der Waals surface area contributed by atoms with Crippen molar-refractivity contribution in [2.24, 2.45) is 0 Å². The Bertz CT molecular complexity index is 337. The zero-order valence-corrected chi connectivity index (χ0v) is 8.28. The van der Waals surface area contributed by atoms with Gasteiger partial charge in [0.1, 0.15) is 0 Å². The predicted molar refractivity (Wildman–Crippen MR) is 54.3 cm³/mol. The number of rotatable bonds is 2. The van der Waals surface area contributed by atoms with E-state index in [9.17, 15) is 9.59 Å². The van der Waals surface area contributed by atoms with Gasteiger partial charge in [0, 0.05) is 17.8 Å². The van der Waals surface area contributed by atoms with Crippen molar-refractivity contribution in [3.63, 3.8) is 0 Å². The van der Waals surface area contributed by atoms with Crippen molar-refractivity contribution in [2.45, 2.75) is 0 Å². The molecule has 0 saturated carbocycles. The molecule has 4 nitrogen and oxygen atoms in total. The molecule has 0 fully saturated rings. The molecule has 0 unspecified atom stereocenters. The number of anilines is 1. The zero-order valence-electron chi connectivity index (χ0n) is 7.53. The number of imide groups is 1. The highest BCUT2D eigenvalue weighted by Gasteiger charge is 2.06. The Morgan fingerprint density at radius 1 is 1.43 bits per heavy atom. The van der Waals surface area contributed by atoms with Gasteiger partial charge >= 0.3 is 6.03 Å². The number of carbonyl (C=O) groups is 2. The molecule has 0 saturated heterocycles. The minimum atomic E-state index is -0.484. The molecule has 74 valence electrons. The third-order valence-corrected chi connectivity index (χ3v) is 1.83. The van der Waals surface area contributed by atoms with Crippen LogP contribution in [0.4, 0.5) is 10.5 Å². The Labute approximate surface area is 86.5 Å². The number of urea groups is 1. The van der Waals surface area contributed by atoms with Crippen LogP contribution < -0.4 is 5.32 Å². The Kier molecular flexibility index (Phi) is 3.48. The van der Waals surface area contributed by atoms with Crippen LogP contribution >= 0.6 is 11.6 Å². The maximum Gasteiger partial charge on any atom is 0.328 e. The smallest absolute Gasteiger partial charge is 0.307 e. The first-order valence-electron chi connectivity index (χ1n) is 3.88. The fourth-order valence-corrected chi connectivity index (χ4v) is 0.919. The van der Waals surface area contributed by atoms with E-state index in [-0.39, 0.29) is 0 Å². The second-order valence-electron chi connectivity index (χ2n) is 2.65. The lowest BCUT2D eigenvalue weighted by Gasteiger charge is -2.10. The number of halogens is 1. The van der Waals surface area contributed by atoms with Gasteiger partial charge in [0.15, 0.2) is 0 Å². The van der Waals surface area contributed by atoms with Crippen molar-refractivity contribution in [2.75, 3.05) is 12.4 Å². The van der Waals surface area contributed by atoms with Gasteiger partial charge in [-0.15, -0.1) is 0 Å². The number of nitrogens with one attached hydrogen (secondary N) is 1. The summed E-state index contributed by atoms with van der Waals surface area (Å²) in [6, 6.07) is 6.12. The van der Waals surface area contributed by atoms with Crippen LogP contribution in [0.15, 0.2) is 24.3 Å². The van der Waals surface area contributed by atoms with Gasteiger partial charge in [-0.3, -0.25) is 9.69 Å². The molecule has 0 bridgehead atoms. The van der Waals surface area contributed by atoms with Crippen LogP contribution in [0.3, 0.4) is 0 Å². The van der Waals surface area contributed by atoms with Crippen LogP contribution in [0, 0.1) is 0 Å². The van der Waals surface area contributed by atoms with E-state index in [0.29, 0.717) is 17.1 Å². The van der Waals surface area contributed by atoms with Crippen LogP contribution in [0.2, 0.25) is 5.02 Å². The number of hydrogen-bond acceptors (Lipinski definition) is 2. The molecular weight excluding hydrogens is 204 g/mol. The molecule has 1 aromatic rings. The van der Waals surface area contributed by atoms with E-state index < -0.39 is 6.03 Å². The van der Waals surface area contributed by atoms with Crippen LogP contribution in [0.25, 0.3) is 0 Å². The third-order valence-electron chi connectivity index (χ3n) is 1.57. The first-order chi connectivity index (χ1) is 6.63. The van der Waals surface area contributed by atoms with Crippen LogP contribution in [-0.4, -0.2) is 24.4 Å². The number of nitrogens with zero attached hydrogens (tertiary/aromatic N) is 1. The largest absolute Gasteiger partial charge is 0.328 e. The summed E-state index contributed by atoms with van der Waals surface area (Å²) in [5.74, 6) is 0. The van der Waals surface area contributed by atoms with E-state index in [1.807, 2.05) is 0 Å². The summed E-state index contributed by atoms with van der Waals surface area (Å²) in [6.45, 7) is 0. The Morgan fingerprint density at radius 2 is 2.00 bits per heavy atom. The zero-order chi connectivity index (χ0) is 10.6. The second-order valence-corrected chi connectivity index (χ2v) is 3.09. The summed E-state index contributed by atoms with van der Waals surface area (Å²) in [7, 11) is 1.37. The number of hydrogen-bond donors (Lipinski definition) is 1. The molecule has 0 heterocycles. The van der Waals surface area contributed by atoms with Gasteiger partial charge in [0.25, 0.3) is 0 Å². The van der Waals surface area contributed by atoms with Gasteiger partial charge in [-0.2, -0.15) is 0 Å². The van der Waals surface area contributed by atoms with Gasteiger partial charge in [0.2, 0.25) is 6.41 Å². The van der Waals surface area contributed by atoms with E-state index in [2.05, 4.69) is 5.32 Å². The molecule has 3 amide bonds. The highest BCUT2D eigenvalue weighted by Crippen LogP contribution is 2.13. The summed E-state index contributed by atoms with van der Waals surface area (Å²) in [4.78, 5) is 22.3. The SMILES string of the molecule is CN(C=O)C(=O)Nc1ccc(Cl)cc1. The second kappa shape index (κ2) is 4.62. The summed E-state index contributed by atoms with van der Waals surface area (Å²) in [5, 5.41) is 3.11. The van der Waals surface area contributed by atoms with Gasteiger partial charge in [-0.25, -0.2) is 4.79 Å². The van der Waals surface area contributed by atoms with Gasteiger partial charge in [-0.05, 0) is 24.3 Å². The van der Waals surface area contributed by atoms with Crippen molar-refractivity contribution in [1.82, 2.24) is 4.90 Å². The summed E-state index contributed by atoms with van der Waals surface area (Å²) in [5.41, 5.74) is 0.591. The van der Waals surface area contributed by atoms with Crippen molar-refractivity contribution in [3.8, 4) is 0 Å². The average Bonchev–Trinajstić information content (AvgIpc) is 2.20. The highest BCUT2D eigenvalue weighted by molar-refractivity contribution is 6.30. The lowest BCUT2D eigenvalue weighted by atomic mass is 10.3. The van der Waals surface area contributed by atoms with Gasteiger partial charge in [0.05, 0.1) is 0 Å². The predicted octanol–water partition coefficient (Wildman–Crippen LogP) is 1.96. The fourth-order valence-electron chi connectivity index (χ4n) is 0.793. The lowest BCUT2D eigenvalue weighted by Crippen LogP contribution is -2.29. The first-order valence-corrected chi connectivity index (χ1v) is 4.26. The molecule has 5 heteroatoms. The fraction of sp³-hybridized carbons (Fsp3) is 0.111. The number of carbonyl (C=O) groups excluding carboxylic acids is 2. The number of benzene rings is 1. The average molecular weight is 213 g/mol. The molecule has 0 spiro atoms. The Hall–Kier alpha value is -1.55. The standard InChI is InChI=1S/C9H9ClN2O2/c1-12(6-13)9(14)11-8-4-2-7(10)3-5-8/h2-6H,1H3,(H,11,14). The van der Waals surface area contributed by atoms with Crippen LogP contribution in [-0.2, 0) is 4.79 Å². The van der Waals surface area contributed by atoms with E-state index in [1.165, 1.54) is 7.05 Å². The molecule has 0 aliphatic carbocycles. The maximum absolute atomic E-state index is 11.2. The molecular formula is C9H9ClN2O2. The molecule has 0 aliphatic heterocycles. The summed E-state index contributed by atoms with van der Waals surface area (Å²) < 4.78 is 0. The molecule has 0 aliphatic rings. The first kappa shape index (κ1) is 10.5. The normalized spacial score (nSPS) is 9.29. The minimum Gasteiger partial charge on any atom is -0.307 e. The third kappa shape index (κ3) is 2.74. The van der Waals surface area contributed by atoms with Crippen molar-refractivity contribution >= 4 is 29.7 Å². The Morgan fingerprint density at radius 3 is 2.50 bits per heavy atom. The molecule has 14 heavy (non-hydrogen) atoms. The van der Waals surface area contributed by atoms with E-state index >= 15 is 0 Å². The molecule has 1 aromatic carbocycles. The molecule has 1 N–H and O–H groups in total. The monoisotopic (exact) mass is 212 g/mol. The highest BCUT2D eigenvalue weighted by atomic mass is 35.5. The van der Waals surface area contributed by atoms with Crippen molar-refractivity contribution < 1.29 is 9.59 Å². The summed E-state index contributed by atoms with van der Waals surface area (Å²) in [6.07, 6.45) is 0.436. The maximum atomic E-state index is 11.2. The van der Waals surface area contributed by atoms with E-state index in [0.717, 1.165) is 4.90 Å².